The molecule has 0 saturated heterocycles. The largest absolute Gasteiger partial charge is 0.240 e. The van der Waals surface area contributed by atoms with Crippen LogP contribution in [0, 0.1) is 40.9 Å². The summed E-state index contributed by atoms with van der Waals surface area (Å²) >= 11 is 1.51. The molecule has 0 spiro atoms. The van der Waals surface area contributed by atoms with Crippen molar-refractivity contribution >= 4 is 11.8 Å². The predicted molar refractivity (Wildman–Crippen MR) is 131 cm³/mol. The van der Waals surface area contributed by atoms with E-state index >= 15 is 0 Å². The quantitative estimate of drug-likeness (QED) is 0.404. The number of nitriles is 3. The van der Waals surface area contributed by atoms with E-state index in [9.17, 15) is 15.8 Å². The molecule has 1 fully saturated rings. The molecule has 1 saturated carbocycles. The Morgan fingerprint density at radius 3 is 2.33 bits per heavy atom. The van der Waals surface area contributed by atoms with Gasteiger partial charge in [-0.25, -0.2) is 4.98 Å². The van der Waals surface area contributed by atoms with E-state index in [1.54, 1.807) is 0 Å². The minimum absolute atomic E-state index is 0.0375. The molecule has 2 aromatic carbocycles. The maximum atomic E-state index is 10.1. The Balaban J connectivity index is 1.88. The third-order valence-corrected chi connectivity index (χ3v) is 7.20. The fraction of sp³-hybridized carbons (Fsp3) is 0.214. The summed E-state index contributed by atoms with van der Waals surface area (Å²) in [5.74, 6) is 0. The average molecular weight is 447 g/mol. The fourth-order valence-electron chi connectivity index (χ4n) is 4.13. The molecule has 4 nitrogen and oxygen atoms in total. The lowest BCUT2D eigenvalue weighted by Gasteiger charge is -2.25. The highest BCUT2D eigenvalue weighted by molar-refractivity contribution is 8.00. The van der Waals surface area contributed by atoms with Gasteiger partial charge in [-0.1, -0.05) is 78.3 Å². The van der Waals surface area contributed by atoms with Crippen LogP contribution < -0.4 is 0 Å². The van der Waals surface area contributed by atoms with Crippen molar-refractivity contribution in [3.8, 4) is 40.6 Å². The number of nitrogens with zero attached hydrogens (tertiary/aromatic N) is 4. The Bertz CT molecular complexity index is 1300. The number of hydrogen-bond acceptors (Lipinski definition) is 5. The maximum Gasteiger partial charge on any atom is 0.130 e. The lowest BCUT2D eigenvalue weighted by Crippen LogP contribution is -2.15. The van der Waals surface area contributed by atoms with Crippen molar-refractivity contribution in [1.82, 2.24) is 4.98 Å². The molecule has 0 aliphatic heterocycles. The molecular formula is C28H22N4S. The first-order valence-corrected chi connectivity index (χ1v) is 11.8. The minimum atomic E-state index is -0.0375. The first-order valence-electron chi connectivity index (χ1n) is 10.9. The van der Waals surface area contributed by atoms with Crippen LogP contribution in [0.5, 0.6) is 0 Å². The molecule has 0 bridgehead atoms. The number of rotatable bonds is 4. The Hall–Kier alpha value is -3.85. The topological polar surface area (TPSA) is 84.3 Å². The Kier molecular flexibility index (Phi) is 6.89. The molecule has 33 heavy (non-hydrogen) atoms. The van der Waals surface area contributed by atoms with Crippen molar-refractivity contribution in [2.45, 2.75) is 42.9 Å². The summed E-state index contributed by atoms with van der Waals surface area (Å²) in [6, 6.07) is 26.6. The Morgan fingerprint density at radius 2 is 1.67 bits per heavy atom. The lowest BCUT2D eigenvalue weighted by atomic mass is 9.91. The summed E-state index contributed by atoms with van der Waals surface area (Å²) in [4.78, 5) is 4.92. The maximum absolute atomic E-state index is 10.1. The van der Waals surface area contributed by atoms with E-state index in [-0.39, 0.29) is 10.8 Å². The molecule has 0 radical (unpaired) electrons. The number of pyridine rings is 1. The van der Waals surface area contributed by atoms with Crippen LogP contribution >= 0.6 is 11.8 Å². The highest BCUT2D eigenvalue weighted by Gasteiger charge is 2.26. The summed E-state index contributed by atoms with van der Waals surface area (Å²) in [5.41, 5.74) is 6.36. The number of thioether (sulfide) groups is 1. The second kappa shape index (κ2) is 10.2. The molecule has 1 aliphatic carbocycles. The molecule has 1 aromatic heterocycles. The summed E-state index contributed by atoms with van der Waals surface area (Å²) in [5, 5.41) is 29.7. The lowest BCUT2D eigenvalue weighted by molar-refractivity contribution is 0.606. The second-order valence-electron chi connectivity index (χ2n) is 8.06. The van der Waals surface area contributed by atoms with Gasteiger partial charge < -0.3 is 0 Å². The first-order chi connectivity index (χ1) is 16.1. The van der Waals surface area contributed by atoms with E-state index in [0.29, 0.717) is 10.6 Å². The summed E-state index contributed by atoms with van der Waals surface area (Å²) in [7, 11) is 0. The molecule has 5 heteroatoms. The van der Waals surface area contributed by atoms with E-state index in [4.69, 9.17) is 4.98 Å². The molecule has 0 N–H and O–H groups in total. The van der Waals surface area contributed by atoms with Crippen LogP contribution in [0.1, 0.15) is 36.8 Å². The second-order valence-corrected chi connectivity index (χ2v) is 9.25. The number of hydrogen-bond donors (Lipinski definition) is 0. The van der Waals surface area contributed by atoms with Gasteiger partial charge in [0.25, 0.3) is 0 Å². The van der Waals surface area contributed by atoms with E-state index in [0.717, 1.165) is 53.6 Å². The van der Waals surface area contributed by atoms with Gasteiger partial charge in [-0.2, -0.15) is 15.8 Å². The van der Waals surface area contributed by atoms with Gasteiger partial charge in [0.15, 0.2) is 0 Å². The van der Waals surface area contributed by atoms with Gasteiger partial charge in [0, 0.05) is 16.4 Å². The van der Waals surface area contributed by atoms with Gasteiger partial charge in [-0.15, -0.1) is 0 Å². The monoisotopic (exact) mass is 446 g/mol. The van der Waals surface area contributed by atoms with Crippen molar-refractivity contribution in [2.75, 3.05) is 0 Å². The van der Waals surface area contributed by atoms with Crippen LogP contribution in [0.4, 0.5) is 0 Å². The highest BCUT2D eigenvalue weighted by Crippen LogP contribution is 2.42. The van der Waals surface area contributed by atoms with Crippen molar-refractivity contribution in [3.05, 3.63) is 82.9 Å². The van der Waals surface area contributed by atoms with E-state index < -0.39 is 0 Å². The molecule has 4 rings (SSSR count). The molecular weight excluding hydrogens is 424 g/mol. The van der Waals surface area contributed by atoms with Crippen LogP contribution in [0.15, 0.2) is 76.8 Å². The molecule has 3 aromatic rings. The van der Waals surface area contributed by atoms with Crippen LogP contribution in [0.3, 0.4) is 0 Å². The van der Waals surface area contributed by atoms with E-state index in [1.807, 2.05) is 55.5 Å². The minimum Gasteiger partial charge on any atom is -0.240 e. The zero-order chi connectivity index (χ0) is 23.2. The zero-order valence-electron chi connectivity index (χ0n) is 18.4. The standard InChI is InChI=1S/C28H22N4S/c1-19-11-13-21(14-12-19)26-15-24(20-7-3-2-4-8-20)25(18-31)28(32-26)33-27-10-6-5-9-23(27)22(16-29)17-30/h2-4,7-8,11-15,27H,5-6,9-10H2,1H3. The molecule has 0 amide bonds. The van der Waals surface area contributed by atoms with E-state index in [2.05, 4.69) is 30.3 Å². The van der Waals surface area contributed by atoms with Gasteiger partial charge in [0.2, 0.25) is 0 Å². The SMILES string of the molecule is Cc1ccc(-c2cc(-c3ccccc3)c(C#N)c(SC3CCCCC3=C(C#N)C#N)n2)cc1. The number of allylic oxidation sites excluding steroid dienone is 1. The van der Waals surface area contributed by atoms with Gasteiger partial charge in [-0.3, -0.25) is 0 Å². The molecule has 1 heterocycles. The molecule has 1 unspecified atom stereocenters. The van der Waals surface area contributed by atoms with Crippen molar-refractivity contribution in [3.63, 3.8) is 0 Å². The summed E-state index contributed by atoms with van der Waals surface area (Å²) < 4.78 is 0. The van der Waals surface area contributed by atoms with Crippen LogP contribution in [0.2, 0.25) is 0 Å². The summed E-state index contributed by atoms with van der Waals surface area (Å²) in [6.07, 6.45) is 3.58. The number of aryl methyl sites for hydroxylation is 1. The fourth-order valence-corrected chi connectivity index (χ4v) is 5.49. The van der Waals surface area contributed by atoms with Crippen LogP contribution in [-0.2, 0) is 0 Å². The van der Waals surface area contributed by atoms with Crippen molar-refractivity contribution < 1.29 is 0 Å². The van der Waals surface area contributed by atoms with Gasteiger partial charge in [0.05, 0.1) is 11.3 Å². The normalized spacial score (nSPS) is 15.2. The number of benzene rings is 2. The third kappa shape index (κ3) is 4.83. The molecule has 1 atom stereocenters. The zero-order valence-corrected chi connectivity index (χ0v) is 19.2. The highest BCUT2D eigenvalue weighted by atomic mass is 32.2. The Labute approximate surface area is 198 Å². The molecule has 160 valence electrons. The van der Waals surface area contributed by atoms with Gasteiger partial charge >= 0.3 is 0 Å². The van der Waals surface area contributed by atoms with Gasteiger partial charge in [-0.05, 0) is 43.4 Å². The van der Waals surface area contributed by atoms with Crippen molar-refractivity contribution in [1.29, 1.82) is 15.8 Å². The van der Waals surface area contributed by atoms with Gasteiger partial charge in [0.1, 0.15) is 28.8 Å². The van der Waals surface area contributed by atoms with Crippen LogP contribution in [-0.4, -0.2) is 10.2 Å². The average Bonchev–Trinajstić information content (AvgIpc) is 2.86. The summed E-state index contributed by atoms with van der Waals surface area (Å²) in [6.45, 7) is 2.05. The predicted octanol–water partition coefficient (Wildman–Crippen LogP) is 6.97. The first kappa shape index (κ1) is 22.3. The Morgan fingerprint density at radius 1 is 0.939 bits per heavy atom. The smallest absolute Gasteiger partial charge is 0.130 e. The number of aromatic nitrogens is 1. The molecule has 1 aliphatic rings. The van der Waals surface area contributed by atoms with E-state index in [1.165, 1.54) is 17.3 Å². The van der Waals surface area contributed by atoms with Crippen molar-refractivity contribution in [2.24, 2.45) is 0 Å². The third-order valence-electron chi connectivity index (χ3n) is 5.88. The van der Waals surface area contributed by atoms with Crippen LogP contribution in [0.25, 0.3) is 22.4 Å².